The summed E-state index contributed by atoms with van der Waals surface area (Å²) in [7, 11) is 1.73. The topological polar surface area (TPSA) is 55.8 Å². The molecule has 4 nitrogen and oxygen atoms in total. The van der Waals surface area contributed by atoms with Gasteiger partial charge in [-0.1, -0.05) is 60.7 Å². The molecule has 0 aliphatic rings. The predicted octanol–water partition coefficient (Wildman–Crippen LogP) is 5.84. The van der Waals surface area contributed by atoms with Crippen molar-refractivity contribution in [2.24, 2.45) is 0 Å². The van der Waals surface area contributed by atoms with E-state index in [9.17, 15) is 4.79 Å². The Bertz CT molecular complexity index is 913. The molecule has 0 aliphatic heterocycles. The van der Waals surface area contributed by atoms with E-state index < -0.39 is 5.97 Å². The highest BCUT2D eigenvalue weighted by atomic mass is 16.5. The van der Waals surface area contributed by atoms with Crippen LogP contribution in [0.4, 0.5) is 0 Å². The Morgan fingerprint density at radius 2 is 1.17 bits per heavy atom. The van der Waals surface area contributed by atoms with Gasteiger partial charge in [-0.3, -0.25) is 4.79 Å². The van der Waals surface area contributed by atoms with Crippen molar-refractivity contribution in [1.29, 1.82) is 0 Å². The number of carbonyl (C=O) groups is 1. The third kappa shape index (κ3) is 6.46. The average Bonchev–Trinajstić information content (AvgIpc) is 2.77. The molecule has 3 rings (SSSR count). The highest BCUT2D eigenvalue weighted by molar-refractivity contribution is 5.72. The van der Waals surface area contributed by atoms with Crippen molar-refractivity contribution in [1.82, 2.24) is 0 Å². The van der Waals surface area contributed by atoms with E-state index >= 15 is 0 Å². The van der Waals surface area contributed by atoms with Crippen LogP contribution in [-0.4, -0.2) is 31.4 Å². The molecule has 0 aliphatic carbocycles. The standard InChI is InChI=1S/C26H28O4/c1-29-17-3-2-4-18-30-25-15-13-24(14-16-25)23-11-9-22(10-12-23)21-7-5-20(6-8-21)19-26(27)28/h5-16H,2-4,17-19H2,1H3,(H,27,28). The fourth-order valence-corrected chi connectivity index (χ4v) is 3.30. The second kappa shape index (κ2) is 11.2. The molecule has 3 aromatic carbocycles. The van der Waals surface area contributed by atoms with Crippen LogP contribution in [0.1, 0.15) is 24.8 Å². The number of hydrogen-bond donors (Lipinski definition) is 1. The van der Waals surface area contributed by atoms with Gasteiger partial charge >= 0.3 is 5.97 Å². The van der Waals surface area contributed by atoms with E-state index in [1.807, 2.05) is 36.4 Å². The molecule has 4 heteroatoms. The van der Waals surface area contributed by atoms with Gasteiger partial charge < -0.3 is 14.6 Å². The van der Waals surface area contributed by atoms with Gasteiger partial charge in [0.25, 0.3) is 0 Å². The van der Waals surface area contributed by atoms with Crippen LogP contribution in [0.2, 0.25) is 0 Å². The number of aliphatic carboxylic acids is 1. The summed E-state index contributed by atoms with van der Waals surface area (Å²) in [4.78, 5) is 10.8. The maximum atomic E-state index is 10.8. The molecule has 0 saturated heterocycles. The molecule has 156 valence electrons. The highest BCUT2D eigenvalue weighted by Gasteiger charge is 2.04. The molecule has 0 heterocycles. The summed E-state index contributed by atoms with van der Waals surface area (Å²) in [6.07, 6.45) is 3.26. The minimum Gasteiger partial charge on any atom is -0.494 e. The number of methoxy groups -OCH3 is 1. The zero-order chi connectivity index (χ0) is 21.2. The van der Waals surface area contributed by atoms with Crippen LogP contribution in [0.25, 0.3) is 22.3 Å². The molecular formula is C26H28O4. The second-order valence-corrected chi connectivity index (χ2v) is 7.27. The molecular weight excluding hydrogens is 376 g/mol. The van der Waals surface area contributed by atoms with E-state index in [1.165, 1.54) is 0 Å². The summed E-state index contributed by atoms with van der Waals surface area (Å²) in [6, 6.07) is 24.2. The van der Waals surface area contributed by atoms with E-state index in [0.29, 0.717) is 0 Å². The lowest BCUT2D eigenvalue weighted by Gasteiger charge is -2.08. The van der Waals surface area contributed by atoms with Crippen LogP contribution in [0, 0.1) is 0 Å². The minimum absolute atomic E-state index is 0.0484. The van der Waals surface area contributed by atoms with Crippen LogP contribution in [0.15, 0.2) is 72.8 Å². The third-order valence-corrected chi connectivity index (χ3v) is 4.98. The summed E-state index contributed by atoms with van der Waals surface area (Å²) in [5.74, 6) is 0.0779. The van der Waals surface area contributed by atoms with Gasteiger partial charge in [0.05, 0.1) is 13.0 Å². The Hall–Kier alpha value is -3.11. The van der Waals surface area contributed by atoms with E-state index in [4.69, 9.17) is 14.6 Å². The molecule has 30 heavy (non-hydrogen) atoms. The number of rotatable bonds is 11. The first-order chi connectivity index (χ1) is 14.7. The number of benzene rings is 3. The fraction of sp³-hybridized carbons (Fsp3) is 0.269. The molecule has 0 amide bonds. The summed E-state index contributed by atoms with van der Waals surface area (Å²) in [5.41, 5.74) is 5.28. The van der Waals surface area contributed by atoms with E-state index in [-0.39, 0.29) is 6.42 Å². The molecule has 0 atom stereocenters. The van der Waals surface area contributed by atoms with Gasteiger partial charge in [-0.2, -0.15) is 0 Å². The molecule has 0 unspecified atom stereocenters. The van der Waals surface area contributed by atoms with E-state index in [0.717, 1.165) is 66.0 Å². The maximum Gasteiger partial charge on any atom is 0.307 e. The largest absolute Gasteiger partial charge is 0.494 e. The van der Waals surface area contributed by atoms with Gasteiger partial charge in [-0.25, -0.2) is 0 Å². The van der Waals surface area contributed by atoms with Crippen molar-refractivity contribution < 1.29 is 19.4 Å². The van der Waals surface area contributed by atoms with Crippen LogP contribution >= 0.6 is 0 Å². The molecule has 3 aromatic rings. The molecule has 0 aromatic heterocycles. The Morgan fingerprint density at radius 1 is 0.700 bits per heavy atom. The lowest BCUT2D eigenvalue weighted by molar-refractivity contribution is -0.136. The Morgan fingerprint density at radius 3 is 1.67 bits per heavy atom. The number of carboxylic acids is 1. The Balaban J connectivity index is 1.56. The highest BCUT2D eigenvalue weighted by Crippen LogP contribution is 2.26. The average molecular weight is 405 g/mol. The van der Waals surface area contributed by atoms with Crippen LogP contribution in [-0.2, 0) is 16.0 Å². The van der Waals surface area contributed by atoms with Crippen molar-refractivity contribution in [3.63, 3.8) is 0 Å². The van der Waals surface area contributed by atoms with Gasteiger partial charge in [0.1, 0.15) is 5.75 Å². The third-order valence-electron chi connectivity index (χ3n) is 4.98. The minimum atomic E-state index is -0.814. The predicted molar refractivity (Wildman–Crippen MR) is 120 cm³/mol. The smallest absolute Gasteiger partial charge is 0.307 e. The van der Waals surface area contributed by atoms with Gasteiger partial charge in [0, 0.05) is 13.7 Å². The summed E-state index contributed by atoms with van der Waals surface area (Å²) >= 11 is 0. The number of unbranched alkanes of at least 4 members (excludes halogenated alkanes) is 2. The zero-order valence-corrected chi connectivity index (χ0v) is 17.3. The van der Waals surface area contributed by atoms with Gasteiger partial charge in [0.15, 0.2) is 0 Å². The monoisotopic (exact) mass is 404 g/mol. The lowest BCUT2D eigenvalue weighted by Crippen LogP contribution is -1.99. The van der Waals surface area contributed by atoms with E-state index in [2.05, 4.69) is 36.4 Å². The Kier molecular flexibility index (Phi) is 8.04. The number of hydrogen-bond acceptors (Lipinski definition) is 3. The summed E-state index contributed by atoms with van der Waals surface area (Å²) < 4.78 is 10.9. The van der Waals surface area contributed by atoms with E-state index in [1.54, 1.807) is 7.11 Å². The summed E-state index contributed by atoms with van der Waals surface area (Å²) in [5, 5.41) is 8.88. The van der Waals surface area contributed by atoms with Crippen LogP contribution < -0.4 is 4.74 Å². The van der Waals surface area contributed by atoms with Crippen molar-refractivity contribution in [2.75, 3.05) is 20.3 Å². The van der Waals surface area contributed by atoms with Crippen molar-refractivity contribution in [3.8, 4) is 28.0 Å². The van der Waals surface area contributed by atoms with Crippen molar-refractivity contribution in [2.45, 2.75) is 25.7 Å². The number of ether oxygens (including phenoxy) is 2. The first-order valence-electron chi connectivity index (χ1n) is 10.3. The molecule has 0 bridgehead atoms. The Labute approximate surface area is 178 Å². The summed E-state index contributed by atoms with van der Waals surface area (Å²) in [6.45, 7) is 1.53. The molecule has 0 fully saturated rings. The van der Waals surface area contributed by atoms with Gasteiger partial charge in [-0.15, -0.1) is 0 Å². The molecule has 0 saturated carbocycles. The van der Waals surface area contributed by atoms with Gasteiger partial charge in [0.2, 0.25) is 0 Å². The maximum absolute atomic E-state index is 10.8. The molecule has 1 N–H and O–H groups in total. The molecule has 0 radical (unpaired) electrons. The lowest BCUT2D eigenvalue weighted by atomic mass is 9.99. The fourth-order valence-electron chi connectivity index (χ4n) is 3.30. The van der Waals surface area contributed by atoms with Gasteiger partial charge in [-0.05, 0) is 59.2 Å². The van der Waals surface area contributed by atoms with Crippen LogP contribution in [0.5, 0.6) is 5.75 Å². The van der Waals surface area contributed by atoms with Crippen molar-refractivity contribution >= 4 is 5.97 Å². The van der Waals surface area contributed by atoms with Crippen molar-refractivity contribution in [3.05, 3.63) is 78.4 Å². The quantitative estimate of drug-likeness (QED) is 0.408. The normalized spacial score (nSPS) is 10.7. The first-order valence-corrected chi connectivity index (χ1v) is 10.3. The zero-order valence-electron chi connectivity index (χ0n) is 17.3. The molecule has 0 spiro atoms. The number of carboxylic acid groups (broad SMARTS) is 1. The first kappa shape index (κ1) is 21.6. The van der Waals surface area contributed by atoms with Crippen LogP contribution in [0.3, 0.4) is 0 Å². The second-order valence-electron chi connectivity index (χ2n) is 7.27. The SMILES string of the molecule is COCCCCCOc1ccc(-c2ccc(-c3ccc(CC(=O)O)cc3)cc2)cc1.